The molecule has 23 heavy (non-hydrogen) atoms. The van der Waals surface area contributed by atoms with E-state index < -0.39 is 0 Å². The Morgan fingerprint density at radius 1 is 1.35 bits per heavy atom. The number of aromatic nitrogens is 4. The number of nitrogens with zero attached hydrogens (tertiary/aromatic N) is 3. The van der Waals surface area contributed by atoms with Gasteiger partial charge in [0.15, 0.2) is 5.65 Å². The molecule has 0 aliphatic rings. The van der Waals surface area contributed by atoms with Gasteiger partial charge in [0.2, 0.25) is 0 Å². The number of rotatable bonds is 6. The third-order valence-corrected chi connectivity index (χ3v) is 3.38. The Balaban J connectivity index is 1.94. The average molecular weight is 310 g/mol. The zero-order chi connectivity index (χ0) is 16.2. The highest BCUT2D eigenvalue weighted by atomic mass is 16.5. The van der Waals surface area contributed by atoms with Crippen LogP contribution in [0.5, 0.6) is 11.5 Å². The van der Waals surface area contributed by atoms with Crippen molar-refractivity contribution >= 4 is 11.2 Å². The van der Waals surface area contributed by atoms with Gasteiger partial charge in [0.05, 0.1) is 24.6 Å². The van der Waals surface area contributed by atoms with E-state index in [0.29, 0.717) is 23.0 Å². The SMILES string of the molecule is C=C(CCC)Oc1ccc(-c2nc3ncncc3[nH]2)c(OC)c1. The second-order valence-electron chi connectivity index (χ2n) is 5.10. The summed E-state index contributed by atoms with van der Waals surface area (Å²) in [6.07, 6.45) is 4.98. The van der Waals surface area contributed by atoms with Crippen LogP contribution in [0.4, 0.5) is 0 Å². The fourth-order valence-corrected chi connectivity index (χ4v) is 2.32. The molecule has 3 rings (SSSR count). The third-order valence-electron chi connectivity index (χ3n) is 3.38. The van der Waals surface area contributed by atoms with Crippen molar-refractivity contribution in [1.82, 2.24) is 19.9 Å². The molecule has 118 valence electrons. The Bertz CT molecular complexity index is 808. The maximum absolute atomic E-state index is 5.72. The van der Waals surface area contributed by atoms with Crippen molar-refractivity contribution in [2.45, 2.75) is 19.8 Å². The molecule has 1 aromatic carbocycles. The van der Waals surface area contributed by atoms with Gasteiger partial charge < -0.3 is 14.5 Å². The van der Waals surface area contributed by atoms with Gasteiger partial charge in [0, 0.05) is 12.5 Å². The van der Waals surface area contributed by atoms with Gasteiger partial charge in [-0.25, -0.2) is 15.0 Å². The van der Waals surface area contributed by atoms with Crippen LogP contribution in [0.15, 0.2) is 43.1 Å². The lowest BCUT2D eigenvalue weighted by Gasteiger charge is -2.11. The van der Waals surface area contributed by atoms with E-state index >= 15 is 0 Å². The minimum atomic E-state index is 0.619. The lowest BCUT2D eigenvalue weighted by Crippen LogP contribution is -1.95. The van der Waals surface area contributed by atoms with Crippen LogP contribution in [0.25, 0.3) is 22.6 Å². The quantitative estimate of drug-likeness (QED) is 0.702. The van der Waals surface area contributed by atoms with Crippen molar-refractivity contribution in [3.63, 3.8) is 0 Å². The zero-order valence-corrected chi connectivity index (χ0v) is 13.2. The number of methoxy groups -OCH3 is 1. The summed E-state index contributed by atoms with van der Waals surface area (Å²) >= 11 is 0. The van der Waals surface area contributed by atoms with E-state index in [9.17, 15) is 0 Å². The van der Waals surface area contributed by atoms with Crippen LogP contribution in [-0.4, -0.2) is 27.0 Å². The first-order chi connectivity index (χ1) is 11.2. The molecular formula is C17H18N4O2. The van der Waals surface area contributed by atoms with Gasteiger partial charge in [-0.1, -0.05) is 13.5 Å². The average Bonchev–Trinajstić information content (AvgIpc) is 2.98. The summed E-state index contributed by atoms with van der Waals surface area (Å²) in [5.41, 5.74) is 2.23. The van der Waals surface area contributed by atoms with Gasteiger partial charge in [0.1, 0.15) is 29.2 Å². The minimum absolute atomic E-state index is 0.619. The summed E-state index contributed by atoms with van der Waals surface area (Å²) < 4.78 is 11.2. The van der Waals surface area contributed by atoms with E-state index in [1.54, 1.807) is 13.3 Å². The molecule has 3 aromatic rings. The molecule has 0 saturated heterocycles. The largest absolute Gasteiger partial charge is 0.496 e. The molecule has 0 atom stereocenters. The molecule has 0 spiro atoms. The third kappa shape index (κ3) is 3.15. The van der Waals surface area contributed by atoms with Gasteiger partial charge in [-0.05, 0) is 18.6 Å². The standard InChI is InChI=1S/C17H18N4O2/c1-4-5-11(2)23-12-6-7-13(15(8-12)22-3)16-20-14-9-18-10-19-17(14)21-16/h6-10H,2,4-5H2,1,3H3,(H,18,19,20,21). The Hall–Kier alpha value is -2.89. The molecule has 2 heterocycles. The number of allylic oxidation sites excluding steroid dienone is 1. The molecule has 6 nitrogen and oxygen atoms in total. The van der Waals surface area contributed by atoms with Crippen LogP contribution in [0, 0.1) is 0 Å². The van der Waals surface area contributed by atoms with Gasteiger partial charge >= 0.3 is 0 Å². The number of hydrogen-bond donors (Lipinski definition) is 1. The van der Waals surface area contributed by atoms with Crippen LogP contribution < -0.4 is 9.47 Å². The summed E-state index contributed by atoms with van der Waals surface area (Å²) in [7, 11) is 1.62. The van der Waals surface area contributed by atoms with Crippen molar-refractivity contribution in [3.05, 3.63) is 43.1 Å². The molecule has 0 unspecified atom stereocenters. The molecule has 0 bridgehead atoms. The van der Waals surface area contributed by atoms with E-state index in [1.165, 1.54) is 6.33 Å². The van der Waals surface area contributed by atoms with Crippen LogP contribution >= 0.6 is 0 Å². The Morgan fingerprint density at radius 3 is 2.96 bits per heavy atom. The fraction of sp³-hybridized carbons (Fsp3) is 0.235. The van der Waals surface area contributed by atoms with Crippen LogP contribution in [0.2, 0.25) is 0 Å². The molecule has 1 N–H and O–H groups in total. The maximum atomic E-state index is 5.72. The van der Waals surface area contributed by atoms with E-state index in [0.717, 1.165) is 29.7 Å². The number of imidazole rings is 1. The fourth-order valence-electron chi connectivity index (χ4n) is 2.32. The van der Waals surface area contributed by atoms with Gasteiger partial charge in [0.25, 0.3) is 0 Å². The first-order valence-electron chi connectivity index (χ1n) is 7.41. The smallest absolute Gasteiger partial charge is 0.181 e. The molecular weight excluding hydrogens is 292 g/mol. The highest BCUT2D eigenvalue weighted by Crippen LogP contribution is 2.33. The number of nitrogens with one attached hydrogen (secondary N) is 1. The van der Waals surface area contributed by atoms with E-state index in [4.69, 9.17) is 9.47 Å². The molecule has 6 heteroatoms. The van der Waals surface area contributed by atoms with Crippen molar-refractivity contribution < 1.29 is 9.47 Å². The lowest BCUT2D eigenvalue weighted by molar-refractivity contribution is 0.390. The number of benzene rings is 1. The normalized spacial score (nSPS) is 10.7. The first kappa shape index (κ1) is 15.0. The first-order valence-corrected chi connectivity index (χ1v) is 7.41. The van der Waals surface area contributed by atoms with Gasteiger partial charge in [-0.2, -0.15) is 0 Å². The summed E-state index contributed by atoms with van der Waals surface area (Å²) in [6.45, 7) is 5.99. The maximum Gasteiger partial charge on any atom is 0.181 e. The predicted molar refractivity (Wildman–Crippen MR) is 88.3 cm³/mol. The zero-order valence-electron chi connectivity index (χ0n) is 13.2. The number of aromatic amines is 1. The molecule has 2 aromatic heterocycles. The van der Waals surface area contributed by atoms with Crippen LogP contribution in [0.1, 0.15) is 19.8 Å². The second-order valence-corrected chi connectivity index (χ2v) is 5.10. The summed E-state index contributed by atoms with van der Waals surface area (Å²) in [5, 5.41) is 0. The summed E-state index contributed by atoms with van der Waals surface area (Å²) in [6, 6.07) is 5.60. The Morgan fingerprint density at radius 2 is 2.22 bits per heavy atom. The lowest BCUT2D eigenvalue weighted by atomic mass is 10.2. The number of ether oxygens (including phenoxy) is 2. The van der Waals surface area contributed by atoms with E-state index in [1.807, 2.05) is 18.2 Å². The van der Waals surface area contributed by atoms with Crippen LogP contribution in [0.3, 0.4) is 0 Å². The topological polar surface area (TPSA) is 72.9 Å². The molecule has 0 aliphatic carbocycles. The molecule has 0 saturated carbocycles. The summed E-state index contributed by atoms with van der Waals surface area (Å²) in [4.78, 5) is 15.8. The van der Waals surface area contributed by atoms with Crippen molar-refractivity contribution in [2.24, 2.45) is 0 Å². The van der Waals surface area contributed by atoms with Gasteiger partial charge in [-0.3, -0.25) is 0 Å². The van der Waals surface area contributed by atoms with E-state index in [-0.39, 0.29) is 0 Å². The Labute approximate surface area is 134 Å². The molecule has 0 radical (unpaired) electrons. The highest BCUT2D eigenvalue weighted by molar-refractivity contribution is 5.77. The molecule has 0 amide bonds. The minimum Gasteiger partial charge on any atom is -0.496 e. The molecule has 0 fully saturated rings. The second kappa shape index (κ2) is 6.48. The van der Waals surface area contributed by atoms with Gasteiger partial charge in [-0.15, -0.1) is 0 Å². The highest BCUT2D eigenvalue weighted by Gasteiger charge is 2.13. The predicted octanol–water partition coefficient (Wildman–Crippen LogP) is 3.72. The monoisotopic (exact) mass is 310 g/mol. The number of fused-ring (bicyclic) bond motifs is 1. The van der Waals surface area contributed by atoms with Crippen molar-refractivity contribution in [2.75, 3.05) is 7.11 Å². The Kier molecular flexibility index (Phi) is 4.23. The van der Waals surface area contributed by atoms with E-state index in [2.05, 4.69) is 33.4 Å². The van der Waals surface area contributed by atoms with Crippen molar-refractivity contribution in [1.29, 1.82) is 0 Å². The number of hydrogen-bond acceptors (Lipinski definition) is 5. The number of H-pyrrole nitrogens is 1. The van der Waals surface area contributed by atoms with Crippen molar-refractivity contribution in [3.8, 4) is 22.9 Å². The molecule has 0 aliphatic heterocycles. The van der Waals surface area contributed by atoms with Crippen LogP contribution in [-0.2, 0) is 0 Å². The summed E-state index contributed by atoms with van der Waals surface area (Å²) in [5.74, 6) is 2.77.